The Kier molecular flexibility index (Phi) is 7.05. The van der Waals surface area contributed by atoms with Crippen LogP contribution in [0.1, 0.15) is 5.56 Å². The SMILES string of the molecule is O=[N+]([O-])c1ccccc1SNc1cc(Cl)c(Oc2ncc(C(F)(F)F)cc2Cl)c(Cl)c1. The highest BCUT2D eigenvalue weighted by Crippen LogP contribution is 2.42. The maximum atomic E-state index is 12.7. The molecule has 0 radical (unpaired) electrons. The first-order chi connectivity index (χ1) is 14.6. The number of aromatic nitrogens is 1. The van der Waals surface area contributed by atoms with Crippen molar-refractivity contribution in [3.63, 3.8) is 0 Å². The van der Waals surface area contributed by atoms with Crippen molar-refractivity contribution < 1.29 is 22.8 Å². The van der Waals surface area contributed by atoms with Crippen LogP contribution >= 0.6 is 46.8 Å². The quantitative estimate of drug-likeness (QED) is 0.206. The Labute approximate surface area is 192 Å². The Morgan fingerprint density at radius 3 is 2.29 bits per heavy atom. The van der Waals surface area contributed by atoms with E-state index >= 15 is 0 Å². The van der Waals surface area contributed by atoms with Gasteiger partial charge in [0.2, 0.25) is 5.88 Å². The summed E-state index contributed by atoms with van der Waals surface area (Å²) < 4.78 is 46.5. The lowest BCUT2D eigenvalue weighted by Gasteiger charge is -2.13. The normalized spacial score (nSPS) is 11.3. The molecule has 162 valence electrons. The van der Waals surface area contributed by atoms with Crippen LogP contribution in [0.5, 0.6) is 11.6 Å². The highest BCUT2D eigenvalue weighted by Gasteiger charge is 2.32. The molecule has 1 heterocycles. The Balaban J connectivity index is 1.79. The number of para-hydroxylation sites is 1. The molecule has 0 aliphatic rings. The molecule has 31 heavy (non-hydrogen) atoms. The Morgan fingerprint density at radius 1 is 1.06 bits per heavy atom. The fraction of sp³-hybridized carbons (Fsp3) is 0.0556. The number of nitrogens with one attached hydrogen (secondary N) is 1. The molecule has 0 aliphatic carbocycles. The van der Waals surface area contributed by atoms with Gasteiger partial charge in [-0.05, 0) is 36.2 Å². The average Bonchev–Trinajstić information content (AvgIpc) is 2.69. The van der Waals surface area contributed by atoms with Crippen LogP contribution in [-0.4, -0.2) is 9.91 Å². The number of nitrogens with zero attached hydrogens (tertiary/aromatic N) is 2. The topological polar surface area (TPSA) is 77.3 Å². The predicted molar refractivity (Wildman–Crippen MR) is 113 cm³/mol. The Morgan fingerprint density at radius 2 is 1.71 bits per heavy atom. The first-order valence-corrected chi connectivity index (χ1v) is 10.1. The smallest absolute Gasteiger partial charge is 0.417 e. The predicted octanol–water partition coefficient (Wildman–Crippen LogP) is 7.88. The van der Waals surface area contributed by atoms with E-state index in [9.17, 15) is 23.3 Å². The number of halogens is 6. The van der Waals surface area contributed by atoms with Crippen LogP contribution in [-0.2, 0) is 6.18 Å². The van der Waals surface area contributed by atoms with Gasteiger partial charge in [-0.1, -0.05) is 46.9 Å². The molecule has 0 amide bonds. The minimum Gasteiger partial charge on any atom is -0.434 e. The zero-order valence-corrected chi connectivity index (χ0v) is 18.0. The van der Waals surface area contributed by atoms with Gasteiger partial charge in [0.05, 0.1) is 20.5 Å². The van der Waals surface area contributed by atoms with Crippen molar-refractivity contribution >= 4 is 58.1 Å². The number of alkyl halides is 3. The fourth-order valence-corrected chi connectivity index (χ4v) is 3.79. The van der Waals surface area contributed by atoms with Gasteiger partial charge in [0, 0.05) is 18.0 Å². The van der Waals surface area contributed by atoms with E-state index in [0.717, 1.165) is 11.9 Å². The molecule has 2 aromatic carbocycles. The van der Waals surface area contributed by atoms with E-state index in [2.05, 4.69) is 9.71 Å². The number of anilines is 1. The molecule has 0 atom stereocenters. The van der Waals surface area contributed by atoms with E-state index in [-0.39, 0.29) is 32.4 Å². The monoisotopic (exact) mass is 509 g/mol. The largest absolute Gasteiger partial charge is 0.434 e. The molecule has 1 N–H and O–H groups in total. The van der Waals surface area contributed by atoms with Gasteiger partial charge in [0.1, 0.15) is 9.92 Å². The molecule has 0 saturated heterocycles. The van der Waals surface area contributed by atoms with Crippen LogP contribution in [0.15, 0.2) is 53.6 Å². The van der Waals surface area contributed by atoms with Crippen LogP contribution in [0.2, 0.25) is 15.1 Å². The van der Waals surface area contributed by atoms with Crippen molar-refractivity contribution in [2.24, 2.45) is 0 Å². The van der Waals surface area contributed by atoms with Crippen molar-refractivity contribution in [3.8, 4) is 11.6 Å². The Bertz CT molecular complexity index is 1130. The molecule has 0 unspecified atom stereocenters. The molecule has 13 heteroatoms. The highest BCUT2D eigenvalue weighted by atomic mass is 35.5. The number of hydrogen-bond donors (Lipinski definition) is 1. The van der Waals surface area contributed by atoms with E-state index in [1.807, 2.05) is 0 Å². The number of nitro benzene ring substituents is 1. The van der Waals surface area contributed by atoms with Gasteiger partial charge < -0.3 is 9.46 Å². The molecule has 3 rings (SSSR count). The molecule has 6 nitrogen and oxygen atoms in total. The van der Waals surface area contributed by atoms with Crippen LogP contribution in [0.4, 0.5) is 24.5 Å². The van der Waals surface area contributed by atoms with E-state index < -0.39 is 16.7 Å². The maximum absolute atomic E-state index is 12.7. The van der Waals surface area contributed by atoms with E-state index in [4.69, 9.17) is 39.5 Å². The maximum Gasteiger partial charge on any atom is 0.417 e. The average molecular weight is 511 g/mol. The summed E-state index contributed by atoms with van der Waals surface area (Å²) in [4.78, 5) is 14.5. The van der Waals surface area contributed by atoms with E-state index in [1.165, 1.54) is 18.2 Å². The van der Waals surface area contributed by atoms with Crippen LogP contribution < -0.4 is 9.46 Å². The van der Waals surface area contributed by atoms with Gasteiger partial charge in [-0.25, -0.2) is 4.98 Å². The molecular formula is C18H9Cl3F3N3O3S. The van der Waals surface area contributed by atoms with E-state index in [1.54, 1.807) is 18.2 Å². The molecule has 0 spiro atoms. The molecule has 3 aromatic rings. The minimum atomic E-state index is -4.61. The third-order valence-electron chi connectivity index (χ3n) is 3.67. The molecule has 0 fully saturated rings. The van der Waals surface area contributed by atoms with Gasteiger partial charge in [-0.15, -0.1) is 0 Å². The number of hydrogen-bond acceptors (Lipinski definition) is 6. The standard InChI is InChI=1S/C18H9Cl3F3N3O3S/c19-11-6-10(26-31-15-4-2-1-3-14(15)27(28)29)7-12(20)16(11)30-17-13(21)5-9(8-25-17)18(22,23)24/h1-8,26H. The summed E-state index contributed by atoms with van der Waals surface area (Å²) in [5.74, 6) is -0.382. The summed E-state index contributed by atoms with van der Waals surface area (Å²) in [6.45, 7) is 0. The molecular weight excluding hydrogens is 502 g/mol. The summed E-state index contributed by atoms with van der Waals surface area (Å²) in [7, 11) is 0. The zero-order valence-electron chi connectivity index (χ0n) is 14.9. The number of benzene rings is 2. The lowest BCUT2D eigenvalue weighted by atomic mass is 10.3. The summed E-state index contributed by atoms with van der Waals surface area (Å²) in [6.07, 6.45) is -4.04. The van der Waals surface area contributed by atoms with Gasteiger partial charge in [0.15, 0.2) is 5.75 Å². The van der Waals surface area contributed by atoms with Crippen LogP contribution in [0.25, 0.3) is 0 Å². The molecule has 1 aromatic heterocycles. The van der Waals surface area contributed by atoms with Gasteiger partial charge >= 0.3 is 6.18 Å². The third kappa shape index (κ3) is 5.65. The third-order valence-corrected chi connectivity index (χ3v) is 5.41. The van der Waals surface area contributed by atoms with Gasteiger partial charge in [0.25, 0.3) is 5.69 Å². The second-order valence-electron chi connectivity index (χ2n) is 5.81. The van der Waals surface area contributed by atoms with E-state index in [0.29, 0.717) is 22.8 Å². The first-order valence-electron chi connectivity index (χ1n) is 8.12. The first kappa shape index (κ1) is 23.3. The van der Waals surface area contributed by atoms with Crippen molar-refractivity contribution in [2.45, 2.75) is 11.1 Å². The van der Waals surface area contributed by atoms with Crippen molar-refractivity contribution in [2.75, 3.05) is 4.72 Å². The lowest BCUT2D eigenvalue weighted by Crippen LogP contribution is -2.06. The summed E-state index contributed by atoms with van der Waals surface area (Å²) in [5.41, 5.74) is -0.717. The summed E-state index contributed by atoms with van der Waals surface area (Å²) >= 11 is 19.2. The summed E-state index contributed by atoms with van der Waals surface area (Å²) in [6, 6.07) is 9.63. The molecule has 0 aliphatic heterocycles. The van der Waals surface area contributed by atoms with Crippen LogP contribution in [0.3, 0.4) is 0 Å². The zero-order chi connectivity index (χ0) is 22.8. The molecule has 0 saturated carbocycles. The minimum absolute atomic E-state index is 0.0101. The lowest BCUT2D eigenvalue weighted by molar-refractivity contribution is -0.387. The highest BCUT2D eigenvalue weighted by molar-refractivity contribution is 8.00. The fourth-order valence-electron chi connectivity index (χ4n) is 2.28. The van der Waals surface area contributed by atoms with Crippen molar-refractivity contribution in [1.82, 2.24) is 4.98 Å². The van der Waals surface area contributed by atoms with Crippen LogP contribution in [0, 0.1) is 10.1 Å². The number of nitro groups is 1. The molecule has 0 bridgehead atoms. The number of ether oxygens (including phenoxy) is 1. The second-order valence-corrected chi connectivity index (χ2v) is 7.88. The van der Waals surface area contributed by atoms with Gasteiger partial charge in [-0.2, -0.15) is 13.2 Å². The summed E-state index contributed by atoms with van der Waals surface area (Å²) in [5, 5.41) is 10.7. The number of pyridine rings is 1. The Hall–Kier alpha value is -2.40. The van der Waals surface area contributed by atoms with Crippen molar-refractivity contribution in [1.29, 1.82) is 0 Å². The van der Waals surface area contributed by atoms with Crippen molar-refractivity contribution in [3.05, 3.63) is 79.4 Å². The second kappa shape index (κ2) is 9.39. The van der Waals surface area contributed by atoms with Gasteiger partial charge in [-0.3, -0.25) is 10.1 Å². The number of rotatable bonds is 6.